The fourth-order valence-corrected chi connectivity index (χ4v) is 5.81. The van der Waals surface area contributed by atoms with E-state index in [1.165, 1.54) is 0 Å². The highest BCUT2D eigenvalue weighted by Crippen LogP contribution is 2.57. The van der Waals surface area contributed by atoms with Crippen LogP contribution in [-0.2, 0) is 13.6 Å². The van der Waals surface area contributed by atoms with E-state index in [1.54, 1.807) is 0 Å². The van der Waals surface area contributed by atoms with Crippen molar-refractivity contribution in [3.05, 3.63) is 11.9 Å². The summed E-state index contributed by atoms with van der Waals surface area (Å²) in [7, 11) is -4.39. The van der Waals surface area contributed by atoms with Gasteiger partial charge in [-0.1, -0.05) is 26.2 Å². The summed E-state index contributed by atoms with van der Waals surface area (Å²) in [4.78, 5) is 0. The van der Waals surface area contributed by atoms with Crippen LogP contribution < -0.4 is 0 Å². The second-order valence-corrected chi connectivity index (χ2v) is 12.3. The third-order valence-corrected chi connectivity index (χ3v) is 5.63. The molecular weight excluding hydrogens is 227 g/mol. The van der Waals surface area contributed by atoms with Gasteiger partial charge in [0.15, 0.2) is 0 Å². The topological polar surface area (TPSA) is 35.5 Å². The van der Waals surface area contributed by atoms with Gasteiger partial charge in [0.1, 0.15) is 0 Å². The summed E-state index contributed by atoms with van der Waals surface area (Å²) in [5.41, 5.74) is 0. The summed E-state index contributed by atoms with van der Waals surface area (Å²) in [6.45, 7) is 14.9. The Morgan fingerprint density at radius 1 is 1.20 bits per heavy atom. The van der Waals surface area contributed by atoms with Gasteiger partial charge in [0.05, 0.1) is 13.2 Å². The summed E-state index contributed by atoms with van der Waals surface area (Å²) in [5.74, 6) is 0. The Kier molecular flexibility index (Phi) is 6.04. The first kappa shape index (κ1) is 15.1. The number of rotatable bonds is 7. The monoisotopic (exact) mass is 250 g/mol. The molecule has 0 aliphatic carbocycles. The van der Waals surface area contributed by atoms with Crippen molar-refractivity contribution in [1.82, 2.24) is 0 Å². The molecule has 0 aliphatic heterocycles. The lowest BCUT2D eigenvalue weighted by molar-refractivity contribution is 0.226. The second kappa shape index (κ2) is 5.99. The molecule has 0 heterocycles. The van der Waals surface area contributed by atoms with Crippen LogP contribution in [0.5, 0.6) is 0 Å². The molecule has 0 amide bonds. The first-order chi connectivity index (χ1) is 6.75. The molecule has 90 valence electrons. The minimum atomic E-state index is -3.07. The van der Waals surface area contributed by atoms with Gasteiger partial charge in [-0.15, -0.1) is 0 Å². The van der Waals surface area contributed by atoms with Gasteiger partial charge in [0.2, 0.25) is 0 Å². The van der Waals surface area contributed by atoms with Crippen LogP contribution in [0.1, 0.15) is 13.8 Å². The third-order valence-electron chi connectivity index (χ3n) is 1.72. The normalized spacial score (nSPS) is 12.9. The van der Waals surface area contributed by atoms with Crippen LogP contribution >= 0.6 is 7.60 Å². The Balaban J connectivity index is 4.63. The summed E-state index contributed by atoms with van der Waals surface area (Å²) in [5, 5.41) is 0.630. The highest BCUT2D eigenvalue weighted by Gasteiger charge is 2.31. The average Bonchev–Trinajstić information content (AvgIpc) is 2.01. The summed E-state index contributed by atoms with van der Waals surface area (Å²) in [6, 6.07) is 0.782. The number of hydrogen-bond acceptors (Lipinski definition) is 3. The predicted molar refractivity (Wildman–Crippen MR) is 68.2 cm³/mol. The van der Waals surface area contributed by atoms with Crippen molar-refractivity contribution in [3.8, 4) is 0 Å². The lowest BCUT2D eigenvalue weighted by Crippen LogP contribution is -2.20. The van der Waals surface area contributed by atoms with E-state index < -0.39 is 15.7 Å². The van der Waals surface area contributed by atoms with Crippen molar-refractivity contribution < 1.29 is 13.6 Å². The van der Waals surface area contributed by atoms with Gasteiger partial charge in [-0.05, 0) is 19.9 Å². The molecule has 0 saturated heterocycles. The lowest BCUT2D eigenvalue weighted by atomic mass is 10.7. The molecule has 0 bridgehead atoms. The molecule has 0 atom stereocenters. The van der Waals surface area contributed by atoms with E-state index in [1.807, 2.05) is 13.8 Å². The first-order valence-electron chi connectivity index (χ1n) is 5.32. The smallest absolute Gasteiger partial charge is 0.306 e. The molecule has 15 heavy (non-hydrogen) atoms. The zero-order valence-electron chi connectivity index (χ0n) is 10.5. The Morgan fingerprint density at radius 2 is 1.60 bits per heavy atom. The maximum Gasteiger partial charge on any atom is 0.356 e. The minimum Gasteiger partial charge on any atom is -0.306 e. The van der Waals surface area contributed by atoms with E-state index in [-0.39, 0.29) is 0 Å². The molecule has 3 nitrogen and oxygen atoms in total. The zero-order valence-corrected chi connectivity index (χ0v) is 12.4. The molecule has 0 saturated carbocycles. The highest BCUT2D eigenvalue weighted by atomic mass is 31.2. The Hall–Kier alpha value is 0.107. The largest absolute Gasteiger partial charge is 0.356 e. The van der Waals surface area contributed by atoms with E-state index in [2.05, 4.69) is 26.2 Å². The van der Waals surface area contributed by atoms with Crippen LogP contribution in [0.3, 0.4) is 0 Å². The van der Waals surface area contributed by atoms with E-state index in [0.29, 0.717) is 18.5 Å². The van der Waals surface area contributed by atoms with Crippen LogP contribution in [0.2, 0.25) is 25.7 Å². The summed E-state index contributed by atoms with van der Waals surface area (Å²) < 4.78 is 22.7. The van der Waals surface area contributed by atoms with Crippen LogP contribution in [-0.4, -0.2) is 21.3 Å². The average molecular weight is 250 g/mol. The number of allylic oxidation sites excluding steroid dienone is 1. The van der Waals surface area contributed by atoms with Crippen LogP contribution in [0, 0.1) is 0 Å². The van der Waals surface area contributed by atoms with Gasteiger partial charge >= 0.3 is 7.60 Å². The lowest BCUT2D eigenvalue weighted by Gasteiger charge is -2.23. The molecule has 0 unspecified atom stereocenters. The maximum atomic E-state index is 12.3. The fourth-order valence-electron chi connectivity index (χ4n) is 1.27. The standard InChI is InChI=1S/C10H23O3PSi/c1-7-12-14(11,13-8-2)10(3)9-15(4,5)6/h3,7-9H2,1-2,4-6H3. The molecule has 0 aromatic heterocycles. The molecule has 0 aromatic rings. The predicted octanol–water partition coefficient (Wildman–Crippen LogP) is 4.10. The molecule has 0 N–H and O–H groups in total. The molecule has 0 aliphatic rings. The van der Waals surface area contributed by atoms with E-state index in [4.69, 9.17) is 9.05 Å². The molecule has 0 rings (SSSR count). The summed E-state index contributed by atoms with van der Waals surface area (Å²) in [6.07, 6.45) is 0. The van der Waals surface area contributed by atoms with Crippen molar-refractivity contribution in [2.24, 2.45) is 0 Å². The first-order valence-corrected chi connectivity index (χ1v) is 10.6. The third kappa shape index (κ3) is 5.66. The molecular formula is C10H23O3PSi. The fraction of sp³-hybridized carbons (Fsp3) is 0.800. The van der Waals surface area contributed by atoms with Gasteiger partial charge in [-0.3, -0.25) is 4.57 Å². The van der Waals surface area contributed by atoms with Crippen LogP contribution in [0.25, 0.3) is 0 Å². The van der Waals surface area contributed by atoms with Crippen molar-refractivity contribution >= 4 is 15.7 Å². The van der Waals surface area contributed by atoms with Crippen LogP contribution in [0.4, 0.5) is 0 Å². The van der Waals surface area contributed by atoms with Crippen molar-refractivity contribution in [3.63, 3.8) is 0 Å². The van der Waals surface area contributed by atoms with Gasteiger partial charge in [0, 0.05) is 13.4 Å². The maximum absolute atomic E-state index is 12.3. The van der Waals surface area contributed by atoms with Gasteiger partial charge in [0.25, 0.3) is 0 Å². The van der Waals surface area contributed by atoms with E-state index in [9.17, 15) is 4.57 Å². The van der Waals surface area contributed by atoms with Gasteiger partial charge in [-0.2, -0.15) is 0 Å². The molecule has 0 aromatic carbocycles. The molecule has 5 heteroatoms. The number of hydrogen-bond donors (Lipinski definition) is 0. The molecule has 0 spiro atoms. The zero-order chi connectivity index (χ0) is 12.1. The van der Waals surface area contributed by atoms with E-state index in [0.717, 1.165) is 6.04 Å². The quantitative estimate of drug-likeness (QED) is 0.504. The van der Waals surface area contributed by atoms with Crippen molar-refractivity contribution in [1.29, 1.82) is 0 Å². The second-order valence-electron chi connectivity index (χ2n) is 4.64. The van der Waals surface area contributed by atoms with Gasteiger partial charge < -0.3 is 9.05 Å². The van der Waals surface area contributed by atoms with Gasteiger partial charge in [-0.25, -0.2) is 0 Å². The van der Waals surface area contributed by atoms with Crippen molar-refractivity contribution in [2.75, 3.05) is 13.2 Å². The van der Waals surface area contributed by atoms with Crippen molar-refractivity contribution in [2.45, 2.75) is 39.5 Å². The SMILES string of the molecule is C=C(C[Si](C)(C)C)P(=O)(OCC)OCC. The molecule has 0 fully saturated rings. The highest BCUT2D eigenvalue weighted by molar-refractivity contribution is 7.58. The Morgan fingerprint density at radius 3 is 1.87 bits per heavy atom. The Labute approximate surface area is 94.4 Å². The van der Waals surface area contributed by atoms with Crippen LogP contribution in [0.15, 0.2) is 11.9 Å². The van der Waals surface area contributed by atoms with E-state index >= 15 is 0 Å². The summed E-state index contributed by atoms with van der Waals surface area (Å²) >= 11 is 0. The minimum absolute atomic E-state index is 0.391. The Bertz CT molecular complexity index is 248. The molecule has 0 radical (unpaired) electrons.